The summed E-state index contributed by atoms with van der Waals surface area (Å²) in [4.78, 5) is 43.6. The van der Waals surface area contributed by atoms with E-state index in [4.69, 9.17) is 0 Å². The minimum Gasteiger partial charge on any atom is -0.301 e. The van der Waals surface area contributed by atoms with Gasteiger partial charge in [0.05, 0.1) is 6.33 Å². The molecule has 1 aliphatic rings. The van der Waals surface area contributed by atoms with Crippen molar-refractivity contribution in [3.05, 3.63) is 37.5 Å². The van der Waals surface area contributed by atoms with E-state index < -0.39 is 11.2 Å². The molecule has 106 valence electrons. The molecule has 2 heterocycles. The Bertz CT molecular complexity index is 796. The predicted molar refractivity (Wildman–Crippen MR) is 73.8 cm³/mol. The van der Waals surface area contributed by atoms with Gasteiger partial charge in [0.15, 0.2) is 5.52 Å². The molecule has 0 bridgehead atoms. The van der Waals surface area contributed by atoms with Gasteiger partial charge in [-0.25, -0.2) is 9.78 Å². The summed E-state index contributed by atoms with van der Waals surface area (Å²) < 4.78 is 1.49. The minimum absolute atomic E-state index is 0.0166. The maximum atomic E-state index is 12.3. The number of fused-ring (bicyclic) bond motifs is 1. The molecule has 0 aromatic carbocycles. The topological polar surface area (TPSA) is 101 Å². The lowest BCUT2D eigenvalue weighted by Gasteiger charge is -2.22. The highest BCUT2D eigenvalue weighted by atomic mass is 16.2. The summed E-state index contributed by atoms with van der Waals surface area (Å²) in [7, 11) is 0. The fourth-order valence-corrected chi connectivity index (χ4v) is 2.86. The zero-order valence-corrected chi connectivity index (χ0v) is 11.0. The second-order valence-corrected chi connectivity index (χ2v) is 5.34. The Morgan fingerprint density at radius 2 is 1.90 bits per heavy atom. The average Bonchev–Trinajstić information content (AvgIpc) is 2.43. The van der Waals surface area contributed by atoms with Crippen molar-refractivity contribution >= 4 is 11.0 Å². The molecule has 0 aliphatic heterocycles. The van der Waals surface area contributed by atoms with E-state index in [1.165, 1.54) is 30.2 Å². The number of aromatic nitrogens is 4. The molecular formula is C13H16N4O3. The lowest BCUT2D eigenvalue weighted by molar-refractivity contribution is 0.315. The number of nitrogens with zero attached hydrogens (tertiary/aromatic N) is 2. The Labute approximate surface area is 113 Å². The maximum Gasteiger partial charge on any atom is 0.326 e. The third-order valence-corrected chi connectivity index (χ3v) is 3.90. The van der Waals surface area contributed by atoms with Crippen molar-refractivity contribution < 1.29 is 0 Å². The molecule has 7 heteroatoms. The Morgan fingerprint density at radius 3 is 2.65 bits per heavy atom. The number of aromatic amines is 2. The molecule has 3 rings (SSSR count). The minimum atomic E-state index is -0.684. The molecule has 20 heavy (non-hydrogen) atoms. The molecule has 0 radical (unpaired) electrons. The fraction of sp³-hybridized carbons (Fsp3) is 0.538. The molecule has 1 aliphatic carbocycles. The van der Waals surface area contributed by atoms with E-state index in [0.29, 0.717) is 12.5 Å². The van der Waals surface area contributed by atoms with Crippen LogP contribution < -0.4 is 16.8 Å². The van der Waals surface area contributed by atoms with Crippen LogP contribution in [0.5, 0.6) is 0 Å². The van der Waals surface area contributed by atoms with Crippen LogP contribution in [0.1, 0.15) is 32.1 Å². The number of nitrogens with one attached hydrogen (secondary N) is 2. The van der Waals surface area contributed by atoms with Crippen LogP contribution in [0, 0.1) is 5.92 Å². The van der Waals surface area contributed by atoms with Crippen molar-refractivity contribution in [2.45, 2.75) is 38.6 Å². The SMILES string of the molecule is O=c1[nH]c(=O)c2ncn(CC3CCCCC3)c(=O)c2[nH]1. The van der Waals surface area contributed by atoms with Crippen molar-refractivity contribution in [3.8, 4) is 0 Å². The molecule has 0 saturated heterocycles. The molecule has 0 amide bonds. The molecule has 2 N–H and O–H groups in total. The van der Waals surface area contributed by atoms with Gasteiger partial charge in [0.1, 0.15) is 5.52 Å². The second-order valence-electron chi connectivity index (χ2n) is 5.34. The zero-order chi connectivity index (χ0) is 14.1. The molecule has 0 atom stereocenters. The van der Waals surface area contributed by atoms with Gasteiger partial charge >= 0.3 is 5.69 Å². The Morgan fingerprint density at radius 1 is 1.15 bits per heavy atom. The molecule has 2 aromatic rings. The van der Waals surface area contributed by atoms with E-state index in [-0.39, 0.29) is 16.6 Å². The number of hydrogen-bond donors (Lipinski definition) is 2. The standard InChI is InChI=1S/C13H16N4O3/c18-11-9-10(15-13(20)16-11)12(19)17(7-14-9)6-8-4-2-1-3-5-8/h7-8H,1-6H2,(H2,15,16,18,20). The summed E-state index contributed by atoms with van der Waals surface area (Å²) in [5, 5.41) is 0. The molecule has 1 fully saturated rings. The largest absolute Gasteiger partial charge is 0.326 e. The first kappa shape index (κ1) is 12.8. The smallest absolute Gasteiger partial charge is 0.301 e. The molecule has 2 aromatic heterocycles. The van der Waals surface area contributed by atoms with Crippen molar-refractivity contribution in [2.24, 2.45) is 5.92 Å². The summed E-state index contributed by atoms with van der Waals surface area (Å²) in [5.41, 5.74) is -1.71. The van der Waals surface area contributed by atoms with Crippen molar-refractivity contribution in [1.29, 1.82) is 0 Å². The van der Waals surface area contributed by atoms with Gasteiger partial charge < -0.3 is 4.98 Å². The van der Waals surface area contributed by atoms with E-state index in [9.17, 15) is 14.4 Å². The van der Waals surface area contributed by atoms with Crippen molar-refractivity contribution in [2.75, 3.05) is 0 Å². The molecule has 0 spiro atoms. The normalized spacial score (nSPS) is 16.6. The number of H-pyrrole nitrogens is 2. The van der Waals surface area contributed by atoms with Crippen LogP contribution in [0.25, 0.3) is 11.0 Å². The predicted octanol–water partition coefficient (Wildman–Crippen LogP) is 0.353. The van der Waals surface area contributed by atoms with Gasteiger partial charge in [0.2, 0.25) is 0 Å². The van der Waals surface area contributed by atoms with Crippen LogP contribution >= 0.6 is 0 Å². The summed E-state index contributed by atoms with van der Waals surface area (Å²) in [5.74, 6) is 0.467. The van der Waals surface area contributed by atoms with Gasteiger partial charge in [0.25, 0.3) is 11.1 Å². The highest BCUT2D eigenvalue weighted by Crippen LogP contribution is 2.24. The Kier molecular flexibility index (Phi) is 3.25. The Balaban J connectivity index is 2.04. The van der Waals surface area contributed by atoms with Gasteiger partial charge in [-0.15, -0.1) is 0 Å². The molecule has 1 saturated carbocycles. The summed E-state index contributed by atoms with van der Waals surface area (Å²) >= 11 is 0. The first-order valence-corrected chi connectivity index (χ1v) is 6.87. The summed E-state index contributed by atoms with van der Waals surface area (Å²) in [6.45, 7) is 0.594. The van der Waals surface area contributed by atoms with Crippen LogP contribution in [0.15, 0.2) is 20.7 Å². The van der Waals surface area contributed by atoms with Gasteiger partial charge in [-0.2, -0.15) is 0 Å². The molecule has 0 unspecified atom stereocenters. The van der Waals surface area contributed by atoms with Crippen molar-refractivity contribution in [1.82, 2.24) is 19.5 Å². The highest BCUT2D eigenvalue weighted by Gasteiger charge is 2.16. The second kappa shape index (κ2) is 5.07. The van der Waals surface area contributed by atoms with Gasteiger partial charge in [-0.05, 0) is 18.8 Å². The van der Waals surface area contributed by atoms with Gasteiger partial charge in [-0.1, -0.05) is 19.3 Å². The number of hydrogen-bond acceptors (Lipinski definition) is 4. The highest BCUT2D eigenvalue weighted by molar-refractivity contribution is 5.70. The van der Waals surface area contributed by atoms with E-state index in [0.717, 1.165) is 12.8 Å². The first-order valence-electron chi connectivity index (χ1n) is 6.87. The summed E-state index contributed by atoms with van der Waals surface area (Å²) in [6, 6.07) is 0. The van der Waals surface area contributed by atoms with E-state index in [2.05, 4.69) is 15.0 Å². The van der Waals surface area contributed by atoms with E-state index >= 15 is 0 Å². The van der Waals surface area contributed by atoms with Crippen LogP contribution in [0.4, 0.5) is 0 Å². The van der Waals surface area contributed by atoms with Crippen LogP contribution in [0.3, 0.4) is 0 Å². The van der Waals surface area contributed by atoms with Crippen LogP contribution in [-0.2, 0) is 6.54 Å². The molecular weight excluding hydrogens is 260 g/mol. The molecule has 7 nitrogen and oxygen atoms in total. The van der Waals surface area contributed by atoms with Crippen molar-refractivity contribution in [3.63, 3.8) is 0 Å². The van der Waals surface area contributed by atoms with E-state index in [1.54, 1.807) is 0 Å². The van der Waals surface area contributed by atoms with Gasteiger partial charge in [0, 0.05) is 6.54 Å². The number of rotatable bonds is 2. The quantitative estimate of drug-likeness (QED) is 0.826. The maximum absolute atomic E-state index is 12.3. The first-order chi connectivity index (χ1) is 9.65. The monoisotopic (exact) mass is 276 g/mol. The van der Waals surface area contributed by atoms with E-state index in [1.807, 2.05) is 0 Å². The summed E-state index contributed by atoms with van der Waals surface area (Å²) in [6.07, 6.45) is 7.25. The third kappa shape index (κ3) is 2.31. The van der Waals surface area contributed by atoms with Gasteiger partial charge in [-0.3, -0.25) is 19.1 Å². The average molecular weight is 276 g/mol. The fourth-order valence-electron chi connectivity index (χ4n) is 2.86. The lowest BCUT2D eigenvalue weighted by Crippen LogP contribution is -2.31. The van der Waals surface area contributed by atoms with Crippen LogP contribution in [0.2, 0.25) is 0 Å². The lowest BCUT2D eigenvalue weighted by atomic mass is 9.89. The third-order valence-electron chi connectivity index (χ3n) is 3.90. The Hall–Kier alpha value is -2.18. The zero-order valence-electron chi connectivity index (χ0n) is 11.0. The van der Waals surface area contributed by atoms with Crippen LogP contribution in [-0.4, -0.2) is 19.5 Å².